The average Bonchev–Trinajstić information content (AvgIpc) is 3.63. The molecule has 1 amide bonds. The number of benzene rings is 2. The topological polar surface area (TPSA) is 154 Å². The van der Waals surface area contributed by atoms with E-state index in [1.807, 2.05) is 7.05 Å². The Bertz CT molecular complexity index is 1660. The van der Waals surface area contributed by atoms with Crippen LogP contribution in [-0.4, -0.2) is 39.7 Å². The summed E-state index contributed by atoms with van der Waals surface area (Å²) in [6, 6.07) is 15.2. The zero-order valence-corrected chi connectivity index (χ0v) is 23.1. The summed E-state index contributed by atoms with van der Waals surface area (Å²) in [6.07, 6.45) is 5.82. The van der Waals surface area contributed by atoms with Crippen molar-refractivity contribution in [3.05, 3.63) is 72.6 Å². The molecule has 11 nitrogen and oxygen atoms in total. The smallest absolute Gasteiger partial charge is 0.233 e. The van der Waals surface area contributed by atoms with Crippen molar-refractivity contribution in [1.29, 1.82) is 0 Å². The maximum atomic E-state index is 13.3. The molecule has 6 rings (SSSR count). The van der Waals surface area contributed by atoms with Gasteiger partial charge in [-0.05, 0) is 54.7 Å². The van der Waals surface area contributed by atoms with Gasteiger partial charge in [0.05, 0.1) is 27.1 Å². The van der Waals surface area contributed by atoms with Crippen LogP contribution in [0, 0.1) is 5.92 Å². The maximum absolute atomic E-state index is 13.3. The first-order valence-electron chi connectivity index (χ1n) is 12.9. The molecule has 3 heterocycles. The second kappa shape index (κ2) is 11.0. The molecule has 12 heteroatoms. The molecule has 1 unspecified atom stereocenters. The van der Waals surface area contributed by atoms with Gasteiger partial charge in [0.1, 0.15) is 11.6 Å². The minimum Gasteiger partial charge on any atom is -0.382 e. The Balaban J connectivity index is 0.000000403. The van der Waals surface area contributed by atoms with Crippen LogP contribution in [0.4, 0.5) is 23.0 Å². The Hall–Kier alpha value is -4.45. The number of nitrogens with zero attached hydrogens (tertiary/aromatic N) is 4. The summed E-state index contributed by atoms with van der Waals surface area (Å²) >= 11 is 0. The lowest BCUT2D eigenvalue weighted by atomic mass is 9.87. The Kier molecular flexibility index (Phi) is 7.44. The average molecular weight is 562 g/mol. The van der Waals surface area contributed by atoms with Crippen molar-refractivity contribution in [2.45, 2.75) is 41.4 Å². The molecule has 1 saturated carbocycles. The molecule has 4 aromatic rings. The number of ketones is 1. The Labute approximate surface area is 232 Å². The normalized spacial score (nSPS) is 17.6. The van der Waals surface area contributed by atoms with Gasteiger partial charge < -0.3 is 16.4 Å². The molecule has 4 N–H and O–H groups in total. The first kappa shape index (κ1) is 27.1. The summed E-state index contributed by atoms with van der Waals surface area (Å²) in [5.41, 5.74) is 6.90. The van der Waals surface area contributed by atoms with Gasteiger partial charge in [-0.25, -0.2) is 8.42 Å². The Morgan fingerprint density at radius 3 is 2.40 bits per heavy atom. The molecule has 0 bridgehead atoms. The van der Waals surface area contributed by atoms with Crippen molar-refractivity contribution in [3.63, 3.8) is 0 Å². The number of fused-ring (bicyclic) bond motifs is 2. The molecule has 2 aliphatic rings. The standard InChI is InChI=1S/C24H24N4O4S.C4H7N3/c1-28-11-10-23(27-28)26-24(30)18(13-15-6-8-17(29)12-15)16-7-9-22-20(14-16)25-19-4-2-3-5-21(19)33(22,31)32;1-7-3-2-4(5)6-7/h2-5,7,9-11,14-15,18,25H,6,8,12-13H2,1H3,(H,26,27,30);2-3H,1H3,(H2,5,6)/t15-,18?;/m0./s1. The van der Waals surface area contributed by atoms with E-state index in [1.54, 1.807) is 83.4 Å². The predicted molar refractivity (Wildman–Crippen MR) is 151 cm³/mol. The van der Waals surface area contributed by atoms with E-state index in [-0.39, 0.29) is 27.4 Å². The van der Waals surface area contributed by atoms with E-state index in [0.29, 0.717) is 47.8 Å². The van der Waals surface area contributed by atoms with Crippen molar-refractivity contribution >= 4 is 44.5 Å². The molecule has 0 spiro atoms. The lowest BCUT2D eigenvalue weighted by Gasteiger charge is -2.25. The number of hydrogen-bond donors (Lipinski definition) is 3. The quantitative estimate of drug-likeness (QED) is 0.293. The van der Waals surface area contributed by atoms with Crippen LogP contribution >= 0.6 is 0 Å². The summed E-state index contributed by atoms with van der Waals surface area (Å²) in [5.74, 6) is 0.580. The molecule has 1 fully saturated rings. The molecule has 40 heavy (non-hydrogen) atoms. The Morgan fingerprint density at radius 1 is 1.05 bits per heavy atom. The van der Waals surface area contributed by atoms with Crippen LogP contribution in [0.1, 0.15) is 37.2 Å². The first-order valence-corrected chi connectivity index (χ1v) is 14.4. The third kappa shape index (κ3) is 5.76. The molecule has 0 radical (unpaired) electrons. The second-order valence-electron chi connectivity index (χ2n) is 10.1. The molecular formula is C28H31N7O4S. The number of carbonyl (C=O) groups excluding carboxylic acids is 2. The Morgan fingerprint density at radius 2 is 1.77 bits per heavy atom. The number of rotatable bonds is 5. The zero-order valence-electron chi connectivity index (χ0n) is 22.2. The molecule has 1 aliphatic heterocycles. The largest absolute Gasteiger partial charge is 0.382 e. The van der Waals surface area contributed by atoms with Gasteiger partial charge in [0.2, 0.25) is 15.7 Å². The number of Topliss-reactive ketones (excluding diaryl/α,β-unsaturated/α-hetero) is 1. The van der Waals surface area contributed by atoms with E-state index in [1.165, 1.54) is 0 Å². The number of sulfone groups is 1. The highest BCUT2D eigenvalue weighted by Gasteiger charge is 2.33. The molecule has 2 aromatic heterocycles. The minimum atomic E-state index is -3.66. The van der Waals surface area contributed by atoms with Crippen molar-refractivity contribution in [2.75, 3.05) is 16.4 Å². The van der Waals surface area contributed by atoms with Gasteiger partial charge >= 0.3 is 0 Å². The lowest BCUT2D eigenvalue weighted by molar-refractivity contribution is -0.119. The third-order valence-electron chi connectivity index (χ3n) is 7.07. The van der Waals surface area contributed by atoms with Crippen LogP contribution in [0.3, 0.4) is 0 Å². The van der Waals surface area contributed by atoms with Gasteiger partial charge in [-0.1, -0.05) is 18.2 Å². The second-order valence-corrected chi connectivity index (χ2v) is 12.0. The van der Waals surface area contributed by atoms with Crippen molar-refractivity contribution in [2.24, 2.45) is 20.0 Å². The summed E-state index contributed by atoms with van der Waals surface area (Å²) in [4.78, 5) is 25.5. The van der Waals surface area contributed by atoms with Crippen LogP contribution in [0.5, 0.6) is 0 Å². The van der Waals surface area contributed by atoms with Crippen LogP contribution in [0.15, 0.2) is 76.8 Å². The van der Waals surface area contributed by atoms with Crippen LogP contribution in [0.25, 0.3) is 0 Å². The number of aryl methyl sites for hydroxylation is 2. The predicted octanol–water partition coefficient (Wildman–Crippen LogP) is 3.79. The highest BCUT2D eigenvalue weighted by Crippen LogP contribution is 2.42. The molecular weight excluding hydrogens is 530 g/mol. The van der Waals surface area contributed by atoms with Gasteiger partial charge in [-0.3, -0.25) is 19.0 Å². The summed E-state index contributed by atoms with van der Waals surface area (Å²) in [7, 11) is -0.0617. The number of carbonyl (C=O) groups is 2. The number of anilines is 4. The number of para-hydroxylation sites is 1. The van der Waals surface area contributed by atoms with Crippen molar-refractivity contribution in [1.82, 2.24) is 19.6 Å². The van der Waals surface area contributed by atoms with E-state index >= 15 is 0 Å². The maximum Gasteiger partial charge on any atom is 0.233 e. The monoisotopic (exact) mass is 561 g/mol. The number of nitrogen functional groups attached to an aromatic ring is 1. The first-order chi connectivity index (χ1) is 19.1. The highest BCUT2D eigenvalue weighted by molar-refractivity contribution is 7.92. The van der Waals surface area contributed by atoms with Crippen LogP contribution in [-0.2, 0) is 33.5 Å². The molecule has 1 aliphatic carbocycles. The number of nitrogens with two attached hydrogens (primary N) is 1. The minimum absolute atomic E-state index is 0.116. The van der Waals surface area contributed by atoms with Gasteiger partial charge in [0, 0.05) is 45.4 Å². The summed E-state index contributed by atoms with van der Waals surface area (Å²) in [6.45, 7) is 0. The number of amides is 1. The fourth-order valence-electron chi connectivity index (χ4n) is 5.11. The zero-order chi connectivity index (χ0) is 28.4. The van der Waals surface area contributed by atoms with Crippen LogP contribution < -0.4 is 16.4 Å². The fourth-order valence-corrected chi connectivity index (χ4v) is 6.66. The van der Waals surface area contributed by atoms with Gasteiger partial charge in [0.25, 0.3) is 0 Å². The van der Waals surface area contributed by atoms with E-state index in [9.17, 15) is 18.0 Å². The van der Waals surface area contributed by atoms with E-state index in [0.717, 1.165) is 6.42 Å². The van der Waals surface area contributed by atoms with E-state index in [2.05, 4.69) is 20.8 Å². The van der Waals surface area contributed by atoms with E-state index in [4.69, 9.17) is 5.73 Å². The van der Waals surface area contributed by atoms with Crippen molar-refractivity contribution in [3.8, 4) is 0 Å². The molecule has 0 saturated heterocycles. The fraction of sp³-hybridized carbons (Fsp3) is 0.286. The number of nitrogens with one attached hydrogen (secondary N) is 2. The van der Waals surface area contributed by atoms with Gasteiger partial charge in [0.15, 0.2) is 5.82 Å². The van der Waals surface area contributed by atoms with E-state index < -0.39 is 15.8 Å². The third-order valence-corrected chi connectivity index (χ3v) is 8.94. The number of aromatic nitrogens is 4. The van der Waals surface area contributed by atoms with Gasteiger partial charge in [-0.15, -0.1) is 0 Å². The van der Waals surface area contributed by atoms with Crippen LogP contribution in [0.2, 0.25) is 0 Å². The highest BCUT2D eigenvalue weighted by atomic mass is 32.2. The molecule has 2 aromatic carbocycles. The number of hydrogen-bond acceptors (Lipinski definition) is 8. The lowest BCUT2D eigenvalue weighted by Crippen LogP contribution is -2.24. The molecule has 2 atom stereocenters. The summed E-state index contributed by atoms with van der Waals surface area (Å²) in [5, 5.41) is 14.1. The molecule has 208 valence electrons. The summed E-state index contributed by atoms with van der Waals surface area (Å²) < 4.78 is 29.5. The SMILES string of the molecule is Cn1ccc(N)n1.Cn1ccc(NC(=O)C(C[C@H]2CCC(=O)C2)c2ccc3c(c2)Nc2ccccc2S3(=O)=O)n1. The van der Waals surface area contributed by atoms with Gasteiger partial charge in [-0.2, -0.15) is 10.2 Å². The van der Waals surface area contributed by atoms with Crippen molar-refractivity contribution < 1.29 is 18.0 Å².